The number of hydrogen-bond donors (Lipinski definition) is 1. The fraction of sp³-hybridized carbons (Fsp3) is 0.0500. The van der Waals surface area contributed by atoms with Crippen molar-refractivity contribution < 1.29 is 40.8 Å². The molecule has 2 aromatic heterocycles. The van der Waals surface area contributed by atoms with Gasteiger partial charge in [0.1, 0.15) is 28.7 Å². The summed E-state index contributed by atoms with van der Waals surface area (Å²) in [7, 11) is 0. The van der Waals surface area contributed by atoms with E-state index in [0.29, 0.717) is 24.4 Å². The zero-order valence-corrected chi connectivity index (χ0v) is 16.5. The van der Waals surface area contributed by atoms with E-state index in [1.807, 2.05) is 0 Å². The van der Waals surface area contributed by atoms with Crippen molar-refractivity contribution in [3.8, 4) is 28.3 Å². The van der Waals surface area contributed by atoms with Crippen LogP contribution in [0.3, 0.4) is 0 Å². The van der Waals surface area contributed by atoms with Gasteiger partial charge < -0.3 is 9.63 Å². The highest BCUT2D eigenvalue weighted by Crippen LogP contribution is 2.42. The third-order valence-electron chi connectivity index (χ3n) is 4.48. The number of carboxylic acid groups (broad SMARTS) is 1. The highest BCUT2D eigenvalue weighted by atomic mass is 35.5. The fourth-order valence-electron chi connectivity index (χ4n) is 3.21. The normalized spacial score (nSPS) is 11.7. The van der Waals surface area contributed by atoms with Crippen molar-refractivity contribution in [2.24, 2.45) is 0 Å². The number of alkyl halides is 3. The number of hydrogen-bond acceptors (Lipinski definition) is 4. The Kier molecular flexibility index (Phi) is 5.40. The summed E-state index contributed by atoms with van der Waals surface area (Å²) < 4.78 is 88.5. The highest BCUT2D eigenvalue weighted by molar-refractivity contribution is 6.33. The van der Waals surface area contributed by atoms with E-state index in [2.05, 4.69) is 10.3 Å². The Morgan fingerprint density at radius 2 is 1.76 bits per heavy atom. The number of halogens is 7. The summed E-state index contributed by atoms with van der Waals surface area (Å²) >= 11 is 5.93. The van der Waals surface area contributed by atoms with Crippen LogP contribution in [0.4, 0.5) is 26.3 Å². The van der Waals surface area contributed by atoms with Crippen molar-refractivity contribution in [1.29, 1.82) is 0 Å². The Balaban J connectivity index is 2.00. The maximum absolute atomic E-state index is 14.3. The number of carbonyl (C=O) groups is 1. The number of aromatic nitrogens is 3. The molecule has 4 aromatic rings. The monoisotopic (exact) mass is 487 g/mol. The van der Waals surface area contributed by atoms with Crippen molar-refractivity contribution in [1.82, 2.24) is 14.9 Å². The molecule has 6 nitrogen and oxygen atoms in total. The second kappa shape index (κ2) is 7.96. The van der Waals surface area contributed by atoms with Crippen LogP contribution in [0.1, 0.15) is 16.1 Å². The third kappa shape index (κ3) is 3.93. The van der Waals surface area contributed by atoms with E-state index in [-0.39, 0.29) is 9.70 Å². The van der Waals surface area contributed by atoms with Gasteiger partial charge in [0.15, 0.2) is 11.5 Å². The summed E-state index contributed by atoms with van der Waals surface area (Å²) in [4.78, 5) is 11.9. The Labute approximate surface area is 184 Å². The number of nitrogens with zero attached hydrogens (tertiary/aromatic N) is 3. The van der Waals surface area contributed by atoms with Crippen LogP contribution in [-0.4, -0.2) is 26.0 Å². The van der Waals surface area contributed by atoms with Crippen molar-refractivity contribution in [2.75, 3.05) is 0 Å². The second-order valence-corrected chi connectivity index (χ2v) is 6.99. The van der Waals surface area contributed by atoms with Crippen LogP contribution in [0, 0.1) is 17.5 Å². The molecule has 1 N–H and O–H groups in total. The predicted octanol–water partition coefficient (Wildman–Crippen LogP) is 5.98. The molecule has 2 aromatic carbocycles. The summed E-state index contributed by atoms with van der Waals surface area (Å²) in [5.74, 6) is -6.03. The molecule has 33 heavy (non-hydrogen) atoms. The zero-order chi connectivity index (χ0) is 24.1. The first-order valence-corrected chi connectivity index (χ1v) is 9.16. The van der Waals surface area contributed by atoms with Crippen LogP contribution in [0.5, 0.6) is 0 Å². The van der Waals surface area contributed by atoms with Gasteiger partial charge in [-0.15, -0.1) is 0 Å². The lowest BCUT2D eigenvalue weighted by atomic mass is 10.0. The summed E-state index contributed by atoms with van der Waals surface area (Å²) in [5, 5.41) is 16.3. The van der Waals surface area contributed by atoms with Gasteiger partial charge in [-0.1, -0.05) is 22.8 Å². The van der Waals surface area contributed by atoms with E-state index in [0.717, 1.165) is 6.07 Å². The lowest BCUT2D eigenvalue weighted by Gasteiger charge is -2.12. The van der Waals surface area contributed by atoms with E-state index >= 15 is 0 Å². The maximum atomic E-state index is 14.3. The van der Waals surface area contributed by atoms with Crippen molar-refractivity contribution >= 4 is 17.6 Å². The largest absolute Gasteiger partial charge is 0.477 e. The van der Waals surface area contributed by atoms with Crippen LogP contribution in [-0.2, 0) is 6.18 Å². The van der Waals surface area contributed by atoms with Crippen LogP contribution in [0.15, 0.2) is 47.1 Å². The van der Waals surface area contributed by atoms with Gasteiger partial charge in [0, 0.05) is 6.07 Å². The van der Waals surface area contributed by atoms with Gasteiger partial charge in [-0.05, 0) is 24.3 Å². The van der Waals surface area contributed by atoms with Crippen LogP contribution in [0.25, 0.3) is 28.3 Å². The van der Waals surface area contributed by atoms with Crippen molar-refractivity contribution in [3.05, 3.63) is 76.3 Å². The minimum Gasteiger partial charge on any atom is -0.477 e. The molecule has 4 rings (SSSR count). The lowest BCUT2D eigenvalue weighted by Crippen LogP contribution is -2.15. The van der Waals surface area contributed by atoms with E-state index in [4.69, 9.17) is 16.1 Å². The Morgan fingerprint density at radius 3 is 2.33 bits per heavy atom. The molecule has 0 saturated carbocycles. The van der Waals surface area contributed by atoms with Gasteiger partial charge in [0.05, 0.1) is 28.0 Å². The lowest BCUT2D eigenvalue weighted by molar-refractivity contribution is -0.142. The van der Waals surface area contributed by atoms with Gasteiger partial charge in [0.2, 0.25) is 0 Å². The Bertz CT molecular complexity index is 1360. The first kappa shape index (κ1) is 22.4. The molecule has 0 unspecified atom stereocenters. The fourth-order valence-corrected chi connectivity index (χ4v) is 3.46. The van der Waals surface area contributed by atoms with E-state index in [9.17, 15) is 36.2 Å². The van der Waals surface area contributed by atoms with Gasteiger partial charge in [-0.25, -0.2) is 22.6 Å². The molecule has 0 saturated heterocycles. The molecular formula is C20H8ClF6N3O3. The smallest absolute Gasteiger partial charge is 0.434 e. The van der Waals surface area contributed by atoms with Crippen LogP contribution < -0.4 is 0 Å². The van der Waals surface area contributed by atoms with E-state index in [1.54, 1.807) is 0 Å². The number of carboxylic acids is 1. The zero-order valence-electron chi connectivity index (χ0n) is 15.8. The SMILES string of the molecule is O=C(O)c1c(-c2c(F)cccc2Cl)noc1-c1cnn(-c2cc(F)cc(F)c2)c1C(F)(F)F. The minimum absolute atomic E-state index is 0.172. The quantitative estimate of drug-likeness (QED) is 0.358. The molecule has 0 bridgehead atoms. The minimum atomic E-state index is -5.19. The Hall–Kier alpha value is -3.80. The van der Waals surface area contributed by atoms with Gasteiger partial charge in [-0.3, -0.25) is 0 Å². The summed E-state index contributed by atoms with van der Waals surface area (Å²) in [6, 6.07) is 5.03. The first-order chi connectivity index (χ1) is 15.5. The van der Waals surface area contributed by atoms with Crippen molar-refractivity contribution in [3.63, 3.8) is 0 Å². The average molecular weight is 488 g/mol. The van der Waals surface area contributed by atoms with Gasteiger partial charge in [-0.2, -0.15) is 18.3 Å². The number of benzene rings is 2. The molecule has 170 valence electrons. The Morgan fingerprint density at radius 1 is 1.09 bits per heavy atom. The molecule has 0 spiro atoms. The molecule has 0 aliphatic heterocycles. The molecule has 2 heterocycles. The molecule has 0 radical (unpaired) electrons. The van der Waals surface area contributed by atoms with Gasteiger partial charge in [0.25, 0.3) is 0 Å². The second-order valence-electron chi connectivity index (χ2n) is 6.58. The third-order valence-corrected chi connectivity index (χ3v) is 4.79. The van der Waals surface area contributed by atoms with E-state index in [1.165, 1.54) is 12.1 Å². The maximum Gasteiger partial charge on any atom is 0.434 e. The van der Waals surface area contributed by atoms with Gasteiger partial charge >= 0.3 is 12.1 Å². The number of aromatic carboxylic acids is 1. The van der Waals surface area contributed by atoms with Crippen LogP contribution in [0.2, 0.25) is 5.02 Å². The molecule has 0 atom stereocenters. The molecule has 0 aliphatic rings. The summed E-state index contributed by atoms with van der Waals surface area (Å²) in [6.45, 7) is 0. The molecular weight excluding hydrogens is 480 g/mol. The average Bonchev–Trinajstić information content (AvgIpc) is 3.31. The summed E-state index contributed by atoms with van der Waals surface area (Å²) in [6.07, 6.45) is -4.60. The molecule has 0 amide bonds. The van der Waals surface area contributed by atoms with E-state index < -0.39 is 69.1 Å². The van der Waals surface area contributed by atoms with Crippen LogP contribution >= 0.6 is 11.6 Å². The highest BCUT2D eigenvalue weighted by Gasteiger charge is 2.42. The summed E-state index contributed by atoms with van der Waals surface area (Å²) in [5.41, 5.74) is -5.21. The predicted molar refractivity (Wildman–Crippen MR) is 101 cm³/mol. The molecule has 0 fully saturated rings. The molecule has 0 aliphatic carbocycles. The first-order valence-electron chi connectivity index (χ1n) is 8.78. The molecule has 13 heteroatoms. The topological polar surface area (TPSA) is 81.2 Å². The van der Waals surface area contributed by atoms with Crippen molar-refractivity contribution in [2.45, 2.75) is 6.18 Å². The standard InChI is InChI=1S/C20H8ClF6N3O3/c21-12-2-1-3-13(24)14(12)16-15(19(31)32)17(33-29-16)11-7-28-30(18(11)20(25,26)27)10-5-8(22)4-9(23)6-10/h1-7H,(H,31,32). The number of rotatable bonds is 4.